The smallest absolute Gasteiger partial charge is 0.189 e. The van der Waals surface area contributed by atoms with E-state index in [1.54, 1.807) is 18.9 Å². The summed E-state index contributed by atoms with van der Waals surface area (Å²) in [7, 11) is 1.70. The Balaban J connectivity index is 0.00000280. The topological polar surface area (TPSA) is 68.9 Å². The standard InChI is InChI=1S/C21H27N3O2S.HI/c1-15(14-27-20-10-6-5-9-19(20)25-2)13-23-21(22)24-17-11-12-26-18-8-4-3-7-16(17)18;/h3-10,15,17H,11-14H2,1-2H3,(H3,22,23,24);1H. The number of guanidine groups is 1. The SMILES string of the molecule is COc1ccccc1SCC(C)CN=C(N)NC1CCOc2ccccc21.I. The van der Waals surface area contributed by atoms with Crippen LogP contribution in [0.15, 0.2) is 58.4 Å². The molecule has 28 heavy (non-hydrogen) atoms. The van der Waals surface area contributed by atoms with Crippen LogP contribution >= 0.6 is 35.7 Å². The summed E-state index contributed by atoms with van der Waals surface area (Å²) in [6, 6.07) is 16.3. The Kier molecular flexibility index (Phi) is 9.24. The summed E-state index contributed by atoms with van der Waals surface area (Å²) >= 11 is 1.79. The third-order valence-corrected chi connectivity index (χ3v) is 5.83. The van der Waals surface area contributed by atoms with E-state index in [2.05, 4.69) is 29.4 Å². The largest absolute Gasteiger partial charge is 0.496 e. The Morgan fingerprint density at radius 1 is 1.29 bits per heavy atom. The van der Waals surface area contributed by atoms with Crippen molar-refractivity contribution in [2.24, 2.45) is 16.6 Å². The third-order valence-electron chi connectivity index (χ3n) is 4.45. The zero-order valence-electron chi connectivity index (χ0n) is 16.3. The molecule has 1 aliphatic rings. The van der Waals surface area contributed by atoms with E-state index in [0.29, 0.717) is 25.0 Å². The van der Waals surface area contributed by atoms with Gasteiger partial charge in [-0.1, -0.05) is 37.3 Å². The molecule has 0 fully saturated rings. The molecule has 1 heterocycles. The Morgan fingerprint density at radius 3 is 2.86 bits per heavy atom. The molecule has 2 aromatic rings. The molecule has 7 heteroatoms. The normalized spacial score (nSPS) is 16.9. The number of nitrogens with zero attached hydrogens (tertiary/aromatic N) is 1. The summed E-state index contributed by atoms with van der Waals surface area (Å²) in [6.07, 6.45) is 0.881. The number of halogens is 1. The minimum atomic E-state index is 0. The maximum absolute atomic E-state index is 6.13. The Labute approximate surface area is 188 Å². The summed E-state index contributed by atoms with van der Waals surface area (Å²) in [5.74, 6) is 3.69. The number of hydrogen-bond acceptors (Lipinski definition) is 4. The van der Waals surface area contributed by atoms with Crippen molar-refractivity contribution < 1.29 is 9.47 Å². The fraction of sp³-hybridized carbons (Fsp3) is 0.381. The molecule has 0 saturated carbocycles. The fourth-order valence-electron chi connectivity index (χ4n) is 2.99. The van der Waals surface area contributed by atoms with E-state index >= 15 is 0 Å². The summed E-state index contributed by atoms with van der Waals surface area (Å²) in [4.78, 5) is 5.70. The van der Waals surface area contributed by atoms with E-state index in [9.17, 15) is 0 Å². The number of rotatable bonds is 7. The number of fused-ring (bicyclic) bond motifs is 1. The quantitative estimate of drug-likeness (QED) is 0.248. The number of nitrogens with one attached hydrogen (secondary N) is 1. The maximum Gasteiger partial charge on any atom is 0.189 e. The molecule has 5 nitrogen and oxygen atoms in total. The van der Waals surface area contributed by atoms with Gasteiger partial charge in [-0.05, 0) is 24.1 Å². The van der Waals surface area contributed by atoms with Crippen LogP contribution in [0.4, 0.5) is 0 Å². The molecule has 152 valence electrons. The minimum absolute atomic E-state index is 0. The van der Waals surface area contributed by atoms with E-state index in [-0.39, 0.29) is 30.0 Å². The first-order chi connectivity index (χ1) is 13.2. The van der Waals surface area contributed by atoms with Gasteiger partial charge in [0.05, 0.1) is 19.8 Å². The molecule has 0 aromatic heterocycles. The molecular weight excluding hydrogens is 485 g/mol. The van der Waals surface area contributed by atoms with E-state index < -0.39 is 0 Å². The molecule has 3 N–H and O–H groups in total. The Morgan fingerprint density at radius 2 is 2.04 bits per heavy atom. The van der Waals surface area contributed by atoms with Gasteiger partial charge < -0.3 is 20.5 Å². The van der Waals surface area contributed by atoms with Crippen LogP contribution in [-0.4, -0.2) is 32.0 Å². The van der Waals surface area contributed by atoms with Crippen molar-refractivity contribution in [3.63, 3.8) is 0 Å². The summed E-state index contributed by atoms with van der Waals surface area (Å²) < 4.78 is 11.1. The number of thioether (sulfide) groups is 1. The molecule has 0 amide bonds. The zero-order chi connectivity index (χ0) is 19.1. The average Bonchev–Trinajstić information content (AvgIpc) is 2.71. The second-order valence-corrected chi connectivity index (χ2v) is 7.73. The molecule has 0 bridgehead atoms. The first-order valence-electron chi connectivity index (χ1n) is 9.21. The predicted octanol–water partition coefficient (Wildman–Crippen LogP) is 4.47. The second kappa shape index (κ2) is 11.4. The van der Waals surface area contributed by atoms with Crippen molar-refractivity contribution in [3.05, 3.63) is 54.1 Å². The first kappa shape index (κ1) is 22.7. The highest BCUT2D eigenvalue weighted by atomic mass is 127. The van der Waals surface area contributed by atoms with Gasteiger partial charge in [0.15, 0.2) is 5.96 Å². The van der Waals surface area contributed by atoms with E-state index in [4.69, 9.17) is 15.2 Å². The highest BCUT2D eigenvalue weighted by molar-refractivity contribution is 14.0. The van der Waals surface area contributed by atoms with Gasteiger partial charge in [-0.3, -0.25) is 4.99 Å². The predicted molar refractivity (Wildman–Crippen MR) is 127 cm³/mol. The molecule has 2 aromatic carbocycles. The van der Waals surface area contributed by atoms with Gasteiger partial charge in [0.25, 0.3) is 0 Å². The third kappa shape index (κ3) is 6.20. The minimum Gasteiger partial charge on any atom is -0.496 e. The number of methoxy groups -OCH3 is 1. The average molecular weight is 513 g/mol. The van der Waals surface area contributed by atoms with Crippen molar-refractivity contribution in [1.29, 1.82) is 0 Å². The van der Waals surface area contributed by atoms with Crippen LogP contribution in [0.2, 0.25) is 0 Å². The summed E-state index contributed by atoms with van der Waals surface area (Å²) in [5, 5.41) is 3.34. The summed E-state index contributed by atoms with van der Waals surface area (Å²) in [6.45, 7) is 3.56. The molecule has 1 aliphatic heterocycles. The number of hydrogen-bond donors (Lipinski definition) is 2. The maximum atomic E-state index is 6.13. The van der Waals surface area contributed by atoms with Crippen LogP contribution in [0.25, 0.3) is 0 Å². The molecular formula is C21H28IN3O2S. The Hall–Kier alpha value is -1.61. The van der Waals surface area contributed by atoms with Gasteiger partial charge in [-0.25, -0.2) is 0 Å². The molecule has 3 rings (SSSR count). The van der Waals surface area contributed by atoms with Crippen molar-refractivity contribution in [1.82, 2.24) is 5.32 Å². The molecule has 2 atom stereocenters. The highest BCUT2D eigenvalue weighted by Crippen LogP contribution is 2.31. The summed E-state index contributed by atoms with van der Waals surface area (Å²) in [5.41, 5.74) is 7.27. The number of benzene rings is 2. The first-order valence-corrected chi connectivity index (χ1v) is 10.2. The lowest BCUT2D eigenvalue weighted by Gasteiger charge is -2.27. The van der Waals surface area contributed by atoms with Gasteiger partial charge in [-0.2, -0.15) is 0 Å². The van der Waals surface area contributed by atoms with Gasteiger partial charge in [0, 0.05) is 29.2 Å². The number of ether oxygens (including phenoxy) is 2. The van der Waals surface area contributed by atoms with Crippen molar-refractivity contribution in [3.8, 4) is 11.5 Å². The Bertz CT molecular complexity index is 788. The van der Waals surface area contributed by atoms with Crippen LogP contribution in [0.1, 0.15) is 24.9 Å². The number of aliphatic imine (C=N–C) groups is 1. The van der Waals surface area contributed by atoms with E-state index in [1.165, 1.54) is 0 Å². The number of para-hydroxylation sites is 2. The molecule has 0 spiro atoms. The van der Waals surface area contributed by atoms with Crippen LogP contribution < -0.4 is 20.5 Å². The van der Waals surface area contributed by atoms with Crippen LogP contribution in [0, 0.1) is 5.92 Å². The van der Waals surface area contributed by atoms with Crippen molar-refractivity contribution in [2.75, 3.05) is 26.0 Å². The van der Waals surface area contributed by atoms with Gasteiger partial charge >= 0.3 is 0 Å². The molecule has 2 unspecified atom stereocenters. The van der Waals surface area contributed by atoms with Crippen molar-refractivity contribution in [2.45, 2.75) is 24.3 Å². The molecule has 0 radical (unpaired) electrons. The van der Waals surface area contributed by atoms with Gasteiger partial charge in [0.2, 0.25) is 0 Å². The van der Waals surface area contributed by atoms with Crippen LogP contribution in [0.3, 0.4) is 0 Å². The van der Waals surface area contributed by atoms with Gasteiger partial charge in [-0.15, -0.1) is 35.7 Å². The lowest BCUT2D eigenvalue weighted by molar-refractivity contribution is 0.262. The van der Waals surface area contributed by atoms with E-state index in [1.807, 2.05) is 36.4 Å². The van der Waals surface area contributed by atoms with Crippen LogP contribution in [0.5, 0.6) is 11.5 Å². The molecule has 0 saturated heterocycles. The lowest BCUT2D eigenvalue weighted by Crippen LogP contribution is -2.37. The van der Waals surface area contributed by atoms with Crippen molar-refractivity contribution >= 4 is 41.7 Å². The second-order valence-electron chi connectivity index (χ2n) is 6.66. The van der Waals surface area contributed by atoms with Gasteiger partial charge in [0.1, 0.15) is 11.5 Å². The molecule has 0 aliphatic carbocycles. The monoisotopic (exact) mass is 513 g/mol. The number of nitrogens with two attached hydrogens (primary N) is 1. The highest BCUT2D eigenvalue weighted by Gasteiger charge is 2.21. The lowest BCUT2D eigenvalue weighted by atomic mass is 10.0. The zero-order valence-corrected chi connectivity index (χ0v) is 19.4. The van der Waals surface area contributed by atoms with Crippen LogP contribution in [-0.2, 0) is 0 Å². The fourth-order valence-corrected chi connectivity index (χ4v) is 4.03. The van der Waals surface area contributed by atoms with E-state index in [0.717, 1.165) is 34.1 Å².